The summed E-state index contributed by atoms with van der Waals surface area (Å²) >= 11 is 0. The summed E-state index contributed by atoms with van der Waals surface area (Å²) in [6.07, 6.45) is 9.67. The van der Waals surface area contributed by atoms with Crippen molar-refractivity contribution in [2.75, 3.05) is 26.2 Å². The van der Waals surface area contributed by atoms with E-state index in [1.54, 1.807) is 6.07 Å². The fourth-order valence-corrected chi connectivity index (χ4v) is 10.0. The van der Waals surface area contributed by atoms with E-state index < -0.39 is 6.10 Å². The molecule has 250 valence electrons. The Balaban J connectivity index is 0.000000174. The Labute approximate surface area is 286 Å². The van der Waals surface area contributed by atoms with Gasteiger partial charge in [0.2, 0.25) is 0 Å². The third-order valence-electron chi connectivity index (χ3n) is 12.4. The number of ketones is 1. The van der Waals surface area contributed by atoms with Gasteiger partial charge in [0.25, 0.3) is 0 Å². The van der Waals surface area contributed by atoms with Crippen LogP contribution in [0, 0.1) is 11.8 Å². The number of phenolic OH excluding ortho intramolecular Hbond substituents is 2. The number of allylic oxidation sites excluding steroid dienone is 1. The van der Waals surface area contributed by atoms with Gasteiger partial charge < -0.3 is 14.9 Å². The molecule has 2 N–H and O–H groups in total. The van der Waals surface area contributed by atoms with Crippen molar-refractivity contribution in [3.63, 3.8) is 0 Å². The van der Waals surface area contributed by atoms with Gasteiger partial charge in [-0.05, 0) is 111 Å². The van der Waals surface area contributed by atoms with E-state index in [0.717, 1.165) is 57.4 Å². The van der Waals surface area contributed by atoms with Crippen LogP contribution < -0.4 is 4.74 Å². The van der Waals surface area contributed by atoms with Crippen LogP contribution in [-0.4, -0.2) is 70.2 Å². The fourth-order valence-electron chi connectivity index (χ4n) is 10.0. The van der Waals surface area contributed by atoms with Gasteiger partial charge in [-0.15, -0.1) is 31.4 Å². The van der Waals surface area contributed by atoms with Gasteiger partial charge in [0.15, 0.2) is 23.4 Å². The number of piperidine rings is 2. The van der Waals surface area contributed by atoms with Crippen LogP contribution in [0.3, 0.4) is 0 Å². The van der Waals surface area contributed by atoms with E-state index in [1.807, 2.05) is 24.3 Å². The average molecular weight is 670 g/mol. The van der Waals surface area contributed by atoms with Gasteiger partial charge in [-0.25, -0.2) is 0 Å². The highest BCUT2D eigenvalue weighted by Crippen LogP contribution is 2.63. The first-order valence-corrected chi connectivity index (χ1v) is 16.7. The predicted molar refractivity (Wildman–Crippen MR) is 188 cm³/mol. The number of Topliss-reactive ketones (excluding diaryl/α,β-unsaturated/α-hetero) is 1. The van der Waals surface area contributed by atoms with Gasteiger partial charge in [0.1, 0.15) is 5.75 Å². The van der Waals surface area contributed by atoms with E-state index in [-0.39, 0.29) is 47.2 Å². The Morgan fingerprint density at radius 3 is 2.46 bits per heavy atom. The Morgan fingerprint density at radius 2 is 1.72 bits per heavy atom. The van der Waals surface area contributed by atoms with Crippen LogP contribution >= 0.6 is 24.8 Å². The molecule has 0 amide bonds. The minimum absolute atomic E-state index is 0. The second-order valence-corrected chi connectivity index (χ2v) is 14.7. The molecular formula is C38H50Cl2N2O4. The summed E-state index contributed by atoms with van der Waals surface area (Å²) in [4.78, 5) is 17.8. The van der Waals surface area contributed by atoms with E-state index >= 15 is 0 Å². The maximum Gasteiger partial charge on any atom is 0.174 e. The quantitative estimate of drug-likeness (QED) is 0.345. The van der Waals surface area contributed by atoms with Crippen molar-refractivity contribution in [3.05, 3.63) is 76.9 Å². The van der Waals surface area contributed by atoms with Crippen LogP contribution in [0.25, 0.3) is 0 Å². The number of halogens is 2. The number of hydrogen-bond donors (Lipinski definition) is 2. The molecule has 8 heteroatoms. The highest BCUT2D eigenvalue weighted by Gasteiger charge is 2.65. The molecule has 2 saturated heterocycles. The minimum atomic E-state index is -0.392. The van der Waals surface area contributed by atoms with Gasteiger partial charge in [-0.2, -0.15) is 0 Å². The SMILES string of the molecule is C=CCN1CC[C@]23c4c5ccc(O)c4O[C@H]2C(=O)CC[C@H]3[C@H]1C5.CC(C)=CCN1CC[C@]2(C)c3cc(O)ccc3C[C@H]1C2C.Cl.Cl. The molecule has 0 radical (unpaired) electrons. The van der Waals surface area contributed by atoms with Crippen LogP contribution in [0.1, 0.15) is 75.6 Å². The molecule has 3 heterocycles. The van der Waals surface area contributed by atoms with E-state index in [4.69, 9.17) is 4.74 Å². The first kappa shape index (κ1) is 34.8. The molecule has 1 unspecified atom stereocenters. The van der Waals surface area contributed by atoms with Crippen molar-refractivity contribution in [3.8, 4) is 17.2 Å². The predicted octanol–water partition coefficient (Wildman–Crippen LogP) is 6.91. The first-order valence-electron chi connectivity index (χ1n) is 16.7. The number of ether oxygens (including phenoxy) is 1. The number of likely N-dealkylation sites (tertiary alicyclic amines) is 2. The van der Waals surface area contributed by atoms with Crippen molar-refractivity contribution < 1.29 is 19.7 Å². The molecule has 8 rings (SSSR count). The van der Waals surface area contributed by atoms with Crippen molar-refractivity contribution in [1.29, 1.82) is 0 Å². The van der Waals surface area contributed by atoms with Gasteiger partial charge in [0, 0.05) is 42.6 Å². The Morgan fingerprint density at radius 1 is 1.02 bits per heavy atom. The second-order valence-electron chi connectivity index (χ2n) is 14.7. The van der Waals surface area contributed by atoms with Crippen molar-refractivity contribution in [1.82, 2.24) is 9.80 Å². The highest BCUT2D eigenvalue weighted by atomic mass is 35.5. The zero-order valence-electron chi connectivity index (χ0n) is 27.6. The van der Waals surface area contributed by atoms with Crippen LogP contribution in [-0.2, 0) is 28.5 Å². The monoisotopic (exact) mass is 668 g/mol. The van der Waals surface area contributed by atoms with Crippen LogP contribution in [0.4, 0.5) is 0 Å². The summed E-state index contributed by atoms with van der Waals surface area (Å²) in [5.74, 6) is 2.46. The molecule has 0 aromatic heterocycles. The average Bonchev–Trinajstić information content (AvgIpc) is 3.35. The van der Waals surface area contributed by atoms with E-state index in [9.17, 15) is 15.0 Å². The zero-order chi connectivity index (χ0) is 31.0. The number of rotatable bonds is 4. The third-order valence-corrected chi connectivity index (χ3v) is 12.4. The fraction of sp³-hybridized carbons (Fsp3) is 0.553. The van der Waals surface area contributed by atoms with Gasteiger partial charge in [-0.1, -0.05) is 43.7 Å². The number of phenols is 2. The molecule has 46 heavy (non-hydrogen) atoms. The lowest BCUT2D eigenvalue weighted by molar-refractivity contribution is -0.138. The van der Waals surface area contributed by atoms with E-state index in [1.165, 1.54) is 28.7 Å². The van der Waals surface area contributed by atoms with Crippen LogP contribution in [0.5, 0.6) is 17.2 Å². The van der Waals surface area contributed by atoms with Crippen molar-refractivity contribution in [2.24, 2.45) is 11.8 Å². The summed E-state index contributed by atoms with van der Waals surface area (Å²) in [7, 11) is 0. The molecule has 2 aromatic rings. The molecule has 6 nitrogen and oxygen atoms in total. The number of fused-ring (bicyclic) bond motifs is 4. The minimum Gasteiger partial charge on any atom is -0.508 e. The van der Waals surface area contributed by atoms with Crippen molar-refractivity contribution >= 4 is 30.6 Å². The molecule has 1 spiro atoms. The molecular weight excluding hydrogens is 619 g/mol. The van der Waals surface area contributed by atoms with Crippen LogP contribution in [0.2, 0.25) is 0 Å². The standard InChI is InChI=1S/C19H21NO3.C19H27NO.2ClH/c1-2-8-20-9-7-19-12-4-6-15(22)18(19)23-17-14(21)5-3-11(16(17)19)10-13(12)20;1-13(2)7-9-20-10-8-19(4)14(3)18(20)11-15-5-6-16(21)12-17(15)19;;/h2-3,5,12-13,18,21H,1,4,6-10H2;5-7,12,14,18,21H,8-11H2,1-4H3;2*1H/t12-,13+,18-,19-;14?,18-,19-;;/m00../s1. The second kappa shape index (κ2) is 12.8. The molecule has 6 aliphatic rings. The van der Waals surface area contributed by atoms with Crippen molar-refractivity contribution in [2.45, 2.75) is 95.2 Å². The maximum atomic E-state index is 12.6. The summed E-state index contributed by atoms with van der Waals surface area (Å²) in [6.45, 7) is 17.1. The Hall–Kier alpha value is -2.51. The molecule has 2 aromatic carbocycles. The van der Waals surface area contributed by atoms with Gasteiger partial charge in [0.05, 0.1) is 0 Å². The summed E-state index contributed by atoms with van der Waals surface area (Å²) in [5, 5.41) is 20.1. The maximum absolute atomic E-state index is 12.6. The smallest absolute Gasteiger partial charge is 0.174 e. The number of carbonyl (C=O) groups is 1. The zero-order valence-corrected chi connectivity index (χ0v) is 29.3. The number of nitrogens with zero attached hydrogens (tertiary/aromatic N) is 2. The normalized spacial score (nSPS) is 33.0. The van der Waals surface area contributed by atoms with Crippen LogP contribution in [0.15, 0.2) is 54.6 Å². The highest BCUT2D eigenvalue weighted by molar-refractivity contribution is 5.89. The number of carbonyl (C=O) groups excluding carboxylic acids is 1. The van der Waals surface area contributed by atoms with Gasteiger partial charge in [-0.3, -0.25) is 14.6 Å². The molecule has 1 saturated carbocycles. The Kier molecular flexibility index (Phi) is 9.71. The summed E-state index contributed by atoms with van der Waals surface area (Å²) < 4.78 is 6.08. The van der Waals surface area contributed by atoms with E-state index in [0.29, 0.717) is 41.8 Å². The lowest BCUT2D eigenvalue weighted by Gasteiger charge is -2.57. The third kappa shape index (κ3) is 5.19. The lowest BCUT2D eigenvalue weighted by atomic mass is 9.51. The topological polar surface area (TPSA) is 73.2 Å². The number of hydrogen-bond acceptors (Lipinski definition) is 6. The molecule has 4 bridgehead atoms. The number of aromatic hydroxyl groups is 2. The van der Waals surface area contributed by atoms with E-state index in [2.05, 4.69) is 56.2 Å². The molecule has 3 aliphatic heterocycles. The number of benzene rings is 2. The molecule has 7 atom stereocenters. The summed E-state index contributed by atoms with van der Waals surface area (Å²) in [6, 6.07) is 10.8. The Bertz CT molecular complexity index is 1540. The molecule has 3 aliphatic carbocycles. The van der Waals surface area contributed by atoms with Gasteiger partial charge >= 0.3 is 0 Å². The first-order chi connectivity index (χ1) is 21.1. The summed E-state index contributed by atoms with van der Waals surface area (Å²) in [5.41, 5.74) is 6.61. The molecule has 3 fully saturated rings. The lowest BCUT2D eigenvalue weighted by Crippen LogP contribution is -2.66. The largest absolute Gasteiger partial charge is 0.508 e.